The molecule has 0 saturated carbocycles. The van der Waals surface area contributed by atoms with E-state index in [0.717, 1.165) is 12.0 Å². The minimum absolute atomic E-state index is 0. The van der Waals surface area contributed by atoms with Crippen LogP contribution in [-0.2, 0) is 6.42 Å². The highest BCUT2D eigenvalue weighted by molar-refractivity contribution is 5.75. The molecular formula is C18H32MgO. The van der Waals surface area contributed by atoms with Gasteiger partial charge in [0.05, 0.1) is 0 Å². The van der Waals surface area contributed by atoms with E-state index in [1.807, 2.05) is 18.2 Å². The summed E-state index contributed by atoms with van der Waals surface area (Å²) in [5.74, 6) is 0.457. The average Bonchev–Trinajstić information content (AvgIpc) is 2.43. The Bertz CT molecular complexity index is 325. The zero-order valence-electron chi connectivity index (χ0n) is 12.5. The van der Waals surface area contributed by atoms with Gasteiger partial charge in [0, 0.05) is 0 Å². The number of aryl methyl sites for hydroxylation is 1. The first-order valence-electron chi connectivity index (χ1n) is 8.11. The number of phenols is 1. The van der Waals surface area contributed by atoms with Crippen molar-refractivity contribution in [3.05, 3.63) is 29.8 Å². The number of unbranched alkanes of at least 4 members (excludes halogenated alkanes) is 9. The third-order valence-corrected chi connectivity index (χ3v) is 3.79. The topological polar surface area (TPSA) is 20.2 Å². The Labute approximate surface area is 141 Å². The summed E-state index contributed by atoms with van der Waals surface area (Å²) in [5.41, 5.74) is 1.10. The van der Waals surface area contributed by atoms with Crippen molar-refractivity contribution in [2.45, 2.75) is 77.6 Å². The van der Waals surface area contributed by atoms with E-state index < -0.39 is 0 Å². The van der Waals surface area contributed by atoms with Gasteiger partial charge in [-0.05, 0) is 24.5 Å². The van der Waals surface area contributed by atoms with E-state index >= 15 is 0 Å². The summed E-state index contributed by atoms with van der Waals surface area (Å²) in [6, 6.07) is 7.71. The Morgan fingerprint density at radius 2 is 1.25 bits per heavy atom. The average molecular weight is 289 g/mol. The zero-order valence-corrected chi connectivity index (χ0v) is 12.5. The number of para-hydroxylation sites is 1. The molecule has 0 saturated heterocycles. The highest BCUT2D eigenvalue weighted by Gasteiger charge is 1.99. The minimum Gasteiger partial charge on any atom is -0.508 e. The summed E-state index contributed by atoms with van der Waals surface area (Å²) in [7, 11) is 0. The summed E-state index contributed by atoms with van der Waals surface area (Å²) >= 11 is 0. The first-order chi connectivity index (χ1) is 9.34. The van der Waals surface area contributed by atoms with Gasteiger partial charge >= 0.3 is 23.1 Å². The van der Waals surface area contributed by atoms with Crippen LogP contribution in [0.15, 0.2) is 24.3 Å². The smallest absolute Gasteiger partial charge is 0.316 e. The molecule has 0 aromatic heterocycles. The molecule has 1 aromatic rings. The Hall–Kier alpha value is -0.214. The predicted octanol–water partition coefficient (Wildman–Crippen LogP) is 4.94. The minimum atomic E-state index is 0. The van der Waals surface area contributed by atoms with Crippen LogP contribution in [0.1, 0.15) is 76.7 Å². The van der Waals surface area contributed by atoms with Gasteiger partial charge in [0.1, 0.15) is 5.75 Å². The molecule has 0 heterocycles. The number of phenolic OH excluding ortho intramolecular Hbond substituents is 1. The number of hydrogen-bond acceptors (Lipinski definition) is 1. The van der Waals surface area contributed by atoms with Gasteiger partial charge in [-0.1, -0.05) is 82.9 Å². The highest BCUT2D eigenvalue weighted by atomic mass is 24.3. The fraction of sp³-hybridized carbons (Fsp3) is 0.667. The van der Waals surface area contributed by atoms with Crippen LogP contribution >= 0.6 is 0 Å². The van der Waals surface area contributed by atoms with E-state index in [1.165, 1.54) is 64.2 Å². The van der Waals surface area contributed by atoms with Crippen molar-refractivity contribution in [1.29, 1.82) is 0 Å². The summed E-state index contributed by atoms with van der Waals surface area (Å²) < 4.78 is 0. The van der Waals surface area contributed by atoms with Crippen molar-refractivity contribution in [2.75, 3.05) is 0 Å². The lowest BCUT2D eigenvalue weighted by atomic mass is 10.0. The largest absolute Gasteiger partial charge is 0.508 e. The second-order valence-electron chi connectivity index (χ2n) is 5.56. The van der Waals surface area contributed by atoms with Crippen LogP contribution in [0.4, 0.5) is 0 Å². The number of rotatable bonds is 11. The molecule has 112 valence electrons. The van der Waals surface area contributed by atoms with Gasteiger partial charge in [0.25, 0.3) is 0 Å². The molecule has 2 heteroatoms. The summed E-state index contributed by atoms with van der Waals surface area (Å²) in [4.78, 5) is 0. The fourth-order valence-corrected chi connectivity index (χ4v) is 2.53. The van der Waals surface area contributed by atoms with Crippen molar-refractivity contribution in [1.82, 2.24) is 0 Å². The van der Waals surface area contributed by atoms with E-state index in [1.54, 1.807) is 6.07 Å². The molecule has 0 fully saturated rings. The molecule has 1 nitrogen and oxygen atoms in total. The molecule has 0 unspecified atom stereocenters. The van der Waals surface area contributed by atoms with Gasteiger partial charge in [-0.25, -0.2) is 0 Å². The Balaban J connectivity index is 0.00000361. The predicted molar refractivity (Wildman–Crippen MR) is 92.2 cm³/mol. The molecule has 0 spiro atoms. The first-order valence-corrected chi connectivity index (χ1v) is 8.11. The van der Waals surface area contributed by atoms with E-state index in [2.05, 4.69) is 6.92 Å². The van der Waals surface area contributed by atoms with Crippen molar-refractivity contribution >= 4 is 23.1 Å². The quantitative estimate of drug-likeness (QED) is 0.452. The SMILES string of the molecule is CCCCCCCCCCCCc1ccccc1O.[MgH2]. The zero-order chi connectivity index (χ0) is 13.8. The summed E-state index contributed by atoms with van der Waals surface area (Å²) in [6.45, 7) is 2.27. The highest BCUT2D eigenvalue weighted by Crippen LogP contribution is 2.19. The lowest BCUT2D eigenvalue weighted by Gasteiger charge is -2.04. The van der Waals surface area contributed by atoms with Crippen LogP contribution in [0.2, 0.25) is 0 Å². The molecule has 20 heavy (non-hydrogen) atoms. The molecule has 0 aliphatic carbocycles. The molecule has 1 aromatic carbocycles. The van der Waals surface area contributed by atoms with Crippen LogP contribution in [0.5, 0.6) is 5.75 Å². The Morgan fingerprint density at radius 1 is 0.750 bits per heavy atom. The van der Waals surface area contributed by atoms with Crippen molar-refractivity contribution in [3.63, 3.8) is 0 Å². The molecule has 0 aliphatic rings. The summed E-state index contributed by atoms with van der Waals surface area (Å²) in [5, 5.41) is 9.65. The fourth-order valence-electron chi connectivity index (χ4n) is 2.53. The normalized spacial score (nSPS) is 10.2. The van der Waals surface area contributed by atoms with Crippen molar-refractivity contribution in [3.8, 4) is 5.75 Å². The molecule has 0 radical (unpaired) electrons. The third kappa shape index (κ3) is 9.65. The molecule has 0 atom stereocenters. The lowest BCUT2D eigenvalue weighted by Crippen LogP contribution is -1.87. The number of hydrogen-bond donors (Lipinski definition) is 1. The molecule has 1 rings (SSSR count). The van der Waals surface area contributed by atoms with E-state index in [-0.39, 0.29) is 23.1 Å². The Morgan fingerprint density at radius 3 is 1.80 bits per heavy atom. The van der Waals surface area contributed by atoms with Crippen LogP contribution in [0.3, 0.4) is 0 Å². The van der Waals surface area contributed by atoms with Gasteiger partial charge in [0.2, 0.25) is 0 Å². The maximum absolute atomic E-state index is 9.65. The standard InChI is InChI=1S/C18H30O.Mg.2H/c1-2-3-4-5-6-7-8-9-10-11-14-17-15-12-13-16-18(17)19;;;/h12-13,15-16,19H,2-11,14H2,1H3;;;. The molecular weight excluding hydrogens is 257 g/mol. The van der Waals surface area contributed by atoms with Crippen LogP contribution in [0.25, 0.3) is 0 Å². The van der Waals surface area contributed by atoms with E-state index in [9.17, 15) is 5.11 Å². The van der Waals surface area contributed by atoms with Gasteiger partial charge in [0.15, 0.2) is 0 Å². The molecule has 0 bridgehead atoms. The lowest BCUT2D eigenvalue weighted by molar-refractivity contribution is 0.466. The third-order valence-electron chi connectivity index (χ3n) is 3.79. The van der Waals surface area contributed by atoms with Gasteiger partial charge in [-0.2, -0.15) is 0 Å². The monoisotopic (exact) mass is 288 g/mol. The van der Waals surface area contributed by atoms with Crippen LogP contribution in [0, 0.1) is 0 Å². The molecule has 0 aliphatic heterocycles. The summed E-state index contributed by atoms with van der Waals surface area (Å²) in [6.07, 6.45) is 14.6. The second kappa shape index (κ2) is 13.8. The van der Waals surface area contributed by atoms with E-state index in [0.29, 0.717) is 5.75 Å². The maximum Gasteiger partial charge on any atom is 0.316 e. The van der Waals surface area contributed by atoms with Crippen LogP contribution < -0.4 is 0 Å². The maximum atomic E-state index is 9.65. The van der Waals surface area contributed by atoms with Gasteiger partial charge < -0.3 is 5.11 Å². The number of aromatic hydroxyl groups is 1. The van der Waals surface area contributed by atoms with Crippen LogP contribution in [-0.4, -0.2) is 28.2 Å². The van der Waals surface area contributed by atoms with Gasteiger partial charge in [-0.3, -0.25) is 0 Å². The first kappa shape index (κ1) is 19.8. The second-order valence-corrected chi connectivity index (χ2v) is 5.56. The van der Waals surface area contributed by atoms with E-state index in [4.69, 9.17) is 0 Å². The van der Waals surface area contributed by atoms with Crippen molar-refractivity contribution < 1.29 is 5.11 Å². The molecule has 1 N–H and O–H groups in total. The molecule has 0 amide bonds. The van der Waals surface area contributed by atoms with Gasteiger partial charge in [-0.15, -0.1) is 0 Å². The Kier molecular flexibility index (Phi) is 13.6. The van der Waals surface area contributed by atoms with Crippen molar-refractivity contribution in [2.24, 2.45) is 0 Å². The number of benzene rings is 1.